The minimum absolute atomic E-state index is 0.0563. The van der Waals surface area contributed by atoms with Gasteiger partial charge in [0.15, 0.2) is 5.75 Å². The van der Waals surface area contributed by atoms with E-state index in [4.69, 9.17) is 9.47 Å². The number of ether oxygens (including phenoxy) is 2. The highest BCUT2D eigenvalue weighted by Gasteiger charge is 2.24. The third kappa shape index (κ3) is 4.86. The molecule has 1 aliphatic heterocycles. The third-order valence-corrected chi connectivity index (χ3v) is 5.95. The van der Waals surface area contributed by atoms with Crippen LogP contribution in [-0.2, 0) is 14.8 Å². The summed E-state index contributed by atoms with van der Waals surface area (Å²) in [7, 11) is -2.95. The van der Waals surface area contributed by atoms with Crippen molar-refractivity contribution in [3.05, 3.63) is 58.1 Å². The summed E-state index contributed by atoms with van der Waals surface area (Å²) < 4.78 is 38.3. The number of methoxy groups -OCH3 is 1. The van der Waals surface area contributed by atoms with E-state index in [1.54, 1.807) is 12.1 Å². The van der Waals surface area contributed by atoms with Crippen LogP contribution in [0.25, 0.3) is 0 Å². The van der Waals surface area contributed by atoms with Crippen LogP contribution in [0, 0.1) is 10.1 Å². The van der Waals surface area contributed by atoms with Crippen LogP contribution in [0.2, 0.25) is 0 Å². The molecule has 3 rings (SSSR count). The van der Waals surface area contributed by atoms with Crippen molar-refractivity contribution in [1.29, 1.82) is 0 Å². The highest BCUT2D eigenvalue weighted by Crippen LogP contribution is 2.30. The molecule has 0 saturated carbocycles. The molecular formula is C19H21N3O7S. The van der Waals surface area contributed by atoms with Gasteiger partial charge in [-0.05, 0) is 37.1 Å². The molecule has 1 fully saturated rings. The molecule has 0 aliphatic carbocycles. The van der Waals surface area contributed by atoms with Gasteiger partial charge < -0.3 is 14.8 Å². The van der Waals surface area contributed by atoms with Crippen LogP contribution in [-0.4, -0.2) is 45.6 Å². The van der Waals surface area contributed by atoms with Crippen molar-refractivity contribution >= 4 is 27.3 Å². The number of benzene rings is 2. The standard InChI is InChI=1S/C19H21N3O7S/c1-28-18-9-8-14(11-17(18)22(24)25)30(26,27)21-16-7-3-2-6-15(16)19(23)20-12-13-5-4-10-29-13/h2-3,6-9,11,13,21H,4-5,10,12H2,1H3,(H,20,23). The Bertz CT molecular complexity index is 1050. The molecule has 30 heavy (non-hydrogen) atoms. The third-order valence-electron chi connectivity index (χ3n) is 4.59. The van der Waals surface area contributed by atoms with E-state index >= 15 is 0 Å². The van der Waals surface area contributed by atoms with Crippen LogP contribution >= 0.6 is 0 Å². The number of amides is 1. The van der Waals surface area contributed by atoms with E-state index in [1.807, 2.05) is 0 Å². The van der Waals surface area contributed by atoms with E-state index in [0.717, 1.165) is 18.9 Å². The summed E-state index contributed by atoms with van der Waals surface area (Å²) >= 11 is 0. The summed E-state index contributed by atoms with van der Waals surface area (Å²) in [5.41, 5.74) is -0.300. The van der Waals surface area contributed by atoms with Gasteiger partial charge >= 0.3 is 5.69 Å². The fourth-order valence-electron chi connectivity index (χ4n) is 3.06. The van der Waals surface area contributed by atoms with Crippen molar-refractivity contribution in [3.8, 4) is 5.75 Å². The number of hydrogen-bond donors (Lipinski definition) is 2. The predicted molar refractivity (Wildman–Crippen MR) is 108 cm³/mol. The second-order valence-electron chi connectivity index (χ2n) is 6.59. The second kappa shape index (κ2) is 9.09. The zero-order chi connectivity index (χ0) is 21.7. The summed E-state index contributed by atoms with van der Waals surface area (Å²) in [6.45, 7) is 0.982. The number of nitrogens with zero attached hydrogens (tertiary/aromatic N) is 1. The fraction of sp³-hybridized carbons (Fsp3) is 0.316. The van der Waals surface area contributed by atoms with Crippen LogP contribution in [0.5, 0.6) is 5.75 Å². The Morgan fingerprint density at radius 2 is 2.07 bits per heavy atom. The molecule has 0 spiro atoms. The van der Waals surface area contributed by atoms with E-state index in [1.165, 1.54) is 31.4 Å². The van der Waals surface area contributed by atoms with Crippen molar-refractivity contribution in [2.24, 2.45) is 0 Å². The van der Waals surface area contributed by atoms with Crippen LogP contribution < -0.4 is 14.8 Å². The Balaban J connectivity index is 1.82. The lowest BCUT2D eigenvalue weighted by Crippen LogP contribution is -2.32. The number of anilines is 1. The van der Waals surface area contributed by atoms with Gasteiger partial charge in [0.05, 0.1) is 34.3 Å². The molecule has 1 saturated heterocycles. The van der Waals surface area contributed by atoms with Gasteiger partial charge in [-0.3, -0.25) is 19.6 Å². The van der Waals surface area contributed by atoms with Gasteiger partial charge in [0, 0.05) is 19.2 Å². The number of carbonyl (C=O) groups is 1. The van der Waals surface area contributed by atoms with Crippen molar-refractivity contribution in [3.63, 3.8) is 0 Å². The molecular weight excluding hydrogens is 414 g/mol. The summed E-state index contributed by atoms with van der Waals surface area (Å²) in [4.78, 5) is 22.7. The molecule has 1 atom stereocenters. The van der Waals surface area contributed by atoms with Gasteiger partial charge in [-0.15, -0.1) is 0 Å². The van der Waals surface area contributed by atoms with Gasteiger partial charge in [0.1, 0.15) is 0 Å². The summed E-state index contributed by atoms with van der Waals surface area (Å²) in [5.74, 6) is -0.516. The van der Waals surface area contributed by atoms with Crippen LogP contribution in [0.15, 0.2) is 47.4 Å². The molecule has 0 aromatic heterocycles. The number of carbonyl (C=O) groups excluding carboxylic acids is 1. The molecule has 0 bridgehead atoms. The monoisotopic (exact) mass is 435 g/mol. The largest absolute Gasteiger partial charge is 0.490 e. The van der Waals surface area contributed by atoms with Crippen molar-refractivity contribution in [2.45, 2.75) is 23.8 Å². The Morgan fingerprint density at radius 1 is 1.30 bits per heavy atom. The molecule has 0 radical (unpaired) electrons. The molecule has 2 aromatic carbocycles. The molecule has 10 nitrogen and oxygen atoms in total. The van der Waals surface area contributed by atoms with E-state index in [2.05, 4.69) is 10.0 Å². The number of nitrogens with one attached hydrogen (secondary N) is 2. The lowest BCUT2D eigenvalue weighted by molar-refractivity contribution is -0.386. The normalized spacial score (nSPS) is 16.1. The predicted octanol–water partition coefficient (Wildman–Crippen LogP) is 2.31. The smallest absolute Gasteiger partial charge is 0.312 e. The zero-order valence-corrected chi connectivity index (χ0v) is 17.0. The first-order valence-corrected chi connectivity index (χ1v) is 10.6. The van der Waals surface area contributed by atoms with E-state index in [0.29, 0.717) is 13.2 Å². The van der Waals surface area contributed by atoms with E-state index in [-0.39, 0.29) is 28.0 Å². The minimum Gasteiger partial charge on any atom is -0.490 e. The minimum atomic E-state index is -4.20. The molecule has 2 N–H and O–H groups in total. The molecule has 1 amide bonds. The number of hydrogen-bond acceptors (Lipinski definition) is 7. The molecule has 1 heterocycles. The zero-order valence-electron chi connectivity index (χ0n) is 16.2. The first kappa shape index (κ1) is 21.5. The summed E-state index contributed by atoms with van der Waals surface area (Å²) in [6.07, 6.45) is 1.73. The van der Waals surface area contributed by atoms with Crippen molar-refractivity contribution in [2.75, 3.05) is 25.0 Å². The van der Waals surface area contributed by atoms with Crippen LogP contribution in [0.1, 0.15) is 23.2 Å². The number of para-hydroxylation sites is 1. The molecule has 1 unspecified atom stereocenters. The summed E-state index contributed by atoms with van der Waals surface area (Å²) in [5, 5.41) is 13.9. The number of rotatable bonds is 8. The van der Waals surface area contributed by atoms with Crippen molar-refractivity contribution < 1.29 is 27.6 Å². The first-order chi connectivity index (χ1) is 14.3. The average Bonchev–Trinajstić information content (AvgIpc) is 3.25. The van der Waals surface area contributed by atoms with E-state index in [9.17, 15) is 23.3 Å². The number of nitro groups is 1. The molecule has 1 aliphatic rings. The molecule has 11 heteroatoms. The maximum Gasteiger partial charge on any atom is 0.312 e. The van der Waals surface area contributed by atoms with Gasteiger partial charge in [-0.2, -0.15) is 0 Å². The van der Waals surface area contributed by atoms with Gasteiger partial charge in [-0.25, -0.2) is 8.42 Å². The topological polar surface area (TPSA) is 137 Å². The Morgan fingerprint density at radius 3 is 2.73 bits per heavy atom. The second-order valence-corrected chi connectivity index (χ2v) is 8.27. The maximum atomic E-state index is 12.8. The lowest BCUT2D eigenvalue weighted by Gasteiger charge is -2.14. The van der Waals surface area contributed by atoms with Crippen LogP contribution in [0.4, 0.5) is 11.4 Å². The van der Waals surface area contributed by atoms with Gasteiger partial charge in [-0.1, -0.05) is 12.1 Å². The maximum absolute atomic E-state index is 12.8. The van der Waals surface area contributed by atoms with E-state index < -0.39 is 26.5 Å². The Kier molecular flexibility index (Phi) is 6.53. The Labute approximate surface area is 173 Å². The van der Waals surface area contributed by atoms with Gasteiger partial charge in [0.25, 0.3) is 15.9 Å². The van der Waals surface area contributed by atoms with Gasteiger partial charge in [0.2, 0.25) is 0 Å². The quantitative estimate of drug-likeness (QED) is 0.479. The number of sulfonamides is 1. The SMILES string of the molecule is COc1ccc(S(=O)(=O)Nc2ccccc2C(=O)NCC2CCCO2)cc1[N+](=O)[O-]. The highest BCUT2D eigenvalue weighted by atomic mass is 32.2. The van der Waals surface area contributed by atoms with Crippen LogP contribution in [0.3, 0.4) is 0 Å². The number of nitro benzene ring substituents is 1. The highest BCUT2D eigenvalue weighted by molar-refractivity contribution is 7.92. The molecule has 160 valence electrons. The van der Waals surface area contributed by atoms with Crippen molar-refractivity contribution in [1.82, 2.24) is 5.32 Å². The fourth-order valence-corrected chi connectivity index (χ4v) is 4.16. The Hall–Kier alpha value is -3.18. The first-order valence-electron chi connectivity index (χ1n) is 9.16. The molecule has 2 aromatic rings. The average molecular weight is 435 g/mol. The summed E-state index contributed by atoms with van der Waals surface area (Å²) in [6, 6.07) is 9.40. The lowest BCUT2D eigenvalue weighted by atomic mass is 10.1.